The van der Waals surface area contributed by atoms with Crippen LogP contribution >= 0.6 is 11.6 Å². The first-order chi connectivity index (χ1) is 17.2. The average Bonchev–Trinajstić information content (AvgIpc) is 2.89. The van der Waals surface area contributed by atoms with Crippen molar-refractivity contribution in [2.24, 2.45) is 5.10 Å². The first-order valence-electron chi connectivity index (χ1n) is 10.3. The highest BCUT2D eigenvalue weighted by Gasteiger charge is 2.27. The van der Waals surface area contributed by atoms with Gasteiger partial charge in [-0.2, -0.15) is 5.10 Å². The Kier molecular flexibility index (Phi) is 8.87. The summed E-state index contributed by atoms with van der Waals surface area (Å²) >= 11 is 5.94. The number of methoxy groups -OCH3 is 2. The Morgan fingerprint density at radius 2 is 1.69 bits per heavy atom. The number of amides is 1. The summed E-state index contributed by atoms with van der Waals surface area (Å²) in [5.41, 5.74) is 3.08. The largest absolute Gasteiger partial charge is 0.513 e. The molecule has 0 aromatic heterocycles. The molecule has 0 aliphatic rings. The van der Waals surface area contributed by atoms with E-state index in [2.05, 4.69) is 15.3 Å². The molecule has 1 amide bonds. The summed E-state index contributed by atoms with van der Waals surface area (Å²) in [4.78, 5) is 24.0. The van der Waals surface area contributed by atoms with Crippen molar-refractivity contribution in [3.8, 4) is 11.5 Å². The predicted octanol–water partition coefficient (Wildman–Crippen LogP) is 3.84. The Labute approximate surface area is 213 Å². The van der Waals surface area contributed by atoms with Crippen molar-refractivity contribution in [2.45, 2.75) is 4.90 Å². The van der Waals surface area contributed by atoms with Crippen LogP contribution in [0.1, 0.15) is 5.56 Å². The molecule has 36 heavy (non-hydrogen) atoms. The van der Waals surface area contributed by atoms with Crippen LogP contribution in [-0.2, 0) is 19.6 Å². The van der Waals surface area contributed by atoms with Gasteiger partial charge in [0.25, 0.3) is 15.9 Å². The summed E-state index contributed by atoms with van der Waals surface area (Å²) in [6.45, 7) is -0.536. The van der Waals surface area contributed by atoms with Gasteiger partial charge in [-0.15, -0.1) is 0 Å². The molecule has 3 aromatic rings. The zero-order chi connectivity index (χ0) is 26.1. The zero-order valence-corrected chi connectivity index (χ0v) is 20.8. The van der Waals surface area contributed by atoms with Crippen LogP contribution in [0.5, 0.6) is 11.5 Å². The van der Waals surface area contributed by atoms with Crippen molar-refractivity contribution in [1.29, 1.82) is 0 Å². The van der Waals surface area contributed by atoms with E-state index in [1.165, 1.54) is 69.0 Å². The van der Waals surface area contributed by atoms with Crippen LogP contribution in [-0.4, -0.2) is 47.5 Å². The molecule has 0 bridgehead atoms. The summed E-state index contributed by atoms with van der Waals surface area (Å²) < 4.78 is 42.1. The minimum absolute atomic E-state index is 0.0256. The molecule has 0 aliphatic carbocycles. The van der Waals surface area contributed by atoms with E-state index in [1.807, 2.05) is 0 Å². The topological polar surface area (TPSA) is 124 Å². The molecule has 3 rings (SSSR count). The molecule has 12 heteroatoms. The van der Waals surface area contributed by atoms with E-state index >= 15 is 0 Å². The van der Waals surface area contributed by atoms with Crippen LogP contribution in [0.3, 0.4) is 0 Å². The second-order valence-electron chi connectivity index (χ2n) is 7.06. The molecule has 1 N–H and O–H groups in total. The van der Waals surface area contributed by atoms with Gasteiger partial charge in [-0.25, -0.2) is 18.6 Å². The molecule has 0 radical (unpaired) electrons. The second-order valence-corrected chi connectivity index (χ2v) is 9.36. The number of sulfonamides is 1. The smallest absolute Gasteiger partial charge is 0.493 e. The van der Waals surface area contributed by atoms with Crippen molar-refractivity contribution >= 4 is 45.6 Å². The minimum atomic E-state index is -4.06. The van der Waals surface area contributed by atoms with Gasteiger partial charge in [-0.1, -0.05) is 29.8 Å². The number of halogens is 1. The highest BCUT2D eigenvalue weighted by atomic mass is 35.5. The van der Waals surface area contributed by atoms with Crippen LogP contribution in [0.15, 0.2) is 82.8 Å². The van der Waals surface area contributed by atoms with E-state index < -0.39 is 28.6 Å². The van der Waals surface area contributed by atoms with Crippen molar-refractivity contribution in [3.05, 3.63) is 83.4 Å². The fraction of sp³-hybridized carbons (Fsp3) is 0.125. The molecular formula is C24H22ClN3O7S. The van der Waals surface area contributed by atoms with Gasteiger partial charge >= 0.3 is 6.16 Å². The number of benzene rings is 3. The molecule has 0 aliphatic heterocycles. The molecular weight excluding hydrogens is 510 g/mol. The van der Waals surface area contributed by atoms with Gasteiger partial charge < -0.3 is 14.2 Å². The number of nitrogens with zero attached hydrogens (tertiary/aromatic N) is 2. The monoisotopic (exact) mass is 531 g/mol. The standard InChI is InChI=1S/C24H22ClN3O7S/c1-33-22-14-17(8-13-21(22)35-24(30)34-2)15-26-27-23(29)16-28(19-11-9-18(25)10-12-19)36(31,32)20-6-4-3-5-7-20/h3-15H,16H2,1-2H3,(H,27,29)/b26-15+. The highest BCUT2D eigenvalue weighted by molar-refractivity contribution is 7.92. The molecule has 0 atom stereocenters. The fourth-order valence-corrected chi connectivity index (χ4v) is 4.53. The average molecular weight is 532 g/mol. The van der Waals surface area contributed by atoms with Gasteiger partial charge in [0, 0.05) is 5.02 Å². The zero-order valence-electron chi connectivity index (χ0n) is 19.3. The van der Waals surface area contributed by atoms with Crippen molar-refractivity contribution in [3.63, 3.8) is 0 Å². The summed E-state index contributed by atoms with van der Waals surface area (Å²) in [5, 5.41) is 4.30. The number of carbonyl (C=O) groups excluding carboxylic acids is 2. The number of nitrogens with one attached hydrogen (secondary N) is 1. The van der Waals surface area contributed by atoms with Crippen LogP contribution in [0, 0.1) is 0 Å². The summed E-state index contributed by atoms with van der Waals surface area (Å²) in [6, 6.07) is 18.4. The predicted molar refractivity (Wildman–Crippen MR) is 134 cm³/mol. The molecule has 0 spiro atoms. The maximum atomic E-state index is 13.3. The molecule has 0 unspecified atom stereocenters. The second kappa shape index (κ2) is 12.0. The molecule has 0 heterocycles. The van der Waals surface area contributed by atoms with Gasteiger partial charge in [0.05, 0.1) is 31.0 Å². The summed E-state index contributed by atoms with van der Waals surface area (Å²) in [6.07, 6.45) is 0.415. The molecule has 0 saturated heterocycles. The Bertz CT molecular complexity index is 1350. The summed E-state index contributed by atoms with van der Waals surface area (Å²) in [5.74, 6) is -0.313. The van der Waals surface area contributed by atoms with Gasteiger partial charge in [0.2, 0.25) is 0 Å². The van der Waals surface area contributed by atoms with Gasteiger partial charge in [-0.05, 0) is 60.2 Å². The normalized spacial score (nSPS) is 11.1. The quantitative estimate of drug-likeness (QED) is 0.192. The van der Waals surface area contributed by atoms with E-state index in [1.54, 1.807) is 24.3 Å². The Morgan fingerprint density at radius 3 is 2.33 bits per heavy atom. The van der Waals surface area contributed by atoms with Crippen molar-refractivity contribution in [2.75, 3.05) is 25.1 Å². The third kappa shape index (κ3) is 6.74. The fourth-order valence-electron chi connectivity index (χ4n) is 2.97. The van der Waals surface area contributed by atoms with Crippen LogP contribution in [0.4, 0.5) is 10.5 Å². The Balaban J connectivity index is 1.76. The number of anilines is 1. The van der Waals surface area contributed by atoms with Gasteiger partial charge in [0.15, 0.2) is 11.5 Å². The van der Waals surface area contributed by atoms with E-state index in [0.717, 1.165) is 4.31 Å². The van der Waals surface area contributed by atoms with Gasteiger partial charge in [0.1, 0.15) is 6.54 Å². The molecule has 3 aromatic carbocycles. The third-order valence-corrected chi connectivity index (χ3v) is 6.72. The summed E-state index contributed by atoms with van der Waals surface area (Å²) in [7, 11) is -1.49. The first-order valence-corrected chi connectivity index (χ1v) is 12.2. The Morgan fingerprint density at radius 1 is 1.00 bits per heavy atom. The number of hydrazone groups is 1. The van der Waals surface area contributed by atoms with Crippen molar-refractivity contribution in [1.82, 2.24) is 5.43 Å². The number of carbonyl (C=O) groups is 2. The highest BCUT2D eigenvalue weighted by Crippen LogP contribution is 2.28. The lowest BCUT2D eigenvalue weighted by atomic mass is 10.2. The number of ether oxygens (including phenoxy) is 3. The van der Waals surface area contributed by atoms with E-state index in [-0.39, 0.29) is 22.1 Å². The number of rotatable bonds is 9. The lowest BCUT2D eigenvalue weighted by Gasteiger charge is -2.23. The molecule has 188 valence electrons. The lowest BCUT2D eigenvalue weighted by molar-refractivity contribution is -0.119. The first kappa shape index (κ1) is 26.5. The van der Waals surface area contributed by atoms with Crippen LogP contribution in [0.25, 0.3) is 0 Å². The van der Waals surface area contributed by atoms with E-state index in [9.17, 15) is 18.0 Å². The SMILES string of the molecule is COC(=O)Oc1ccc(/C=N/NC(=O)CN(c2ccc(Cl)cc2)S(=O)(=O)c2ccccc2)cc1OC. The van der Waals surface area contributed by atoms with Gasteiger partial charge in [-0.3, -0.25) is 9.10 Å². The maximum Gasteiger partial charge on any atom is 0.513 e. The van der Waals surface area contributed by atoms with E-state index in [0.29, 0.717) is 10.6 Å². The number of hydrogen-bond donors (Lipinski definition) is 1. The third-order valence-electron chi connectivity index (χ3n) is 4.68. The Hall–Kier alpha value is -4.09. The van der Waals surface area contributed by atoms with E-state index in [4.69, 9.17) is 21.1 Å². The lowest BCUT2D eigenvalue weighted by Crippen LogP contribution is -2.39. The molecule has 0 saturated carbocycles. The number of hydrogen-bond acceptors (Lipinski definition) is 8. The molecule has 0 fully saturated rings. The maximum absolute atomic E-state index is 13.3. The van der Waals surface area contributed by atoms with Crippen LogP contribution in [0.2, 0.25) is 5.02 Å². The van der Waals surface area contributed by atoms with Crippen LogP contribution < -0.4 is 19.2 Å². The van der Waals surface area contributed by atoms with Crippen molar-refractivity contribution < 1.29 is 32.2 Å². The molecule has 10 nitrogen and oxygen atoms in total. The minimum Gasteiger partial charge on any atom is -0.493 e.